The minimum absolute atomic E-state index is 0.113. The van der Waals surface area contributed by atoms with Gasteiger partial charge >= 0.3 is 6.18 Å². The molecule has 0 aliphatic heterocycles. The fourth-order valence-corrected chi connectivity index (χ4v) is 2.14. The van der Waals surface area contributed by atoms with E-state index in [1.165, 1.54) is 0 Å². The van der Waals surface area contributed by atoms with Gasteiger partial charge in [-0.05, 0) is 43.8 Å². The Morgan fingerprint density at radius 3 is 2.29 bits per heavy atom. The van der Waals surface area contributed by atoms with Crippen LogP contribution in [-0.2, 0) is 12.7 Å². The van der Waals surface area contributed by atoms with Crippen LogP contribution in [0.15, 0.2) is 18.2 Å². The molecule has 0 bridgehead atoms. The molecule has 0 radical (unpaired) electrons. The van der Waals surface area contributed by atoms with Crippen LogP contribution < -0.4 is 5.32 Å². The number of likely N-dealkylation sites (N-methyl/N-ethyl adjacent to an activating group) is 1. The summed E-state index contributed by atoms with van der Waals surface area (Å²) in [6.07, 6.45) is -4.52. The highest BCUT2D eigenvalue weighted by atomic mass is 19.4. The molecule has 1 N–H and O–H groups in total. The van der Waals surface area contributed by atoms with Crippen LogP contribution in [0.5, 0.6) is 0 Å². The summed E-state index contributed by atoms with van der Waals surface area (Å²) in [6, 6.07) is 2.75. The van der Waals surface area contributed by atoms with Gasteiger partial charge in [-0.25, -0.2) is 4.39 Å². The lowest BCUT2D eigenvalue weighted by atomic mass is 10.1. The van der Waals surface area contributed by atoms with E-state index in [1.807, 2.05) is 6.92 Å². The lowest BCUT2D eigenvalue weighted by Crippen LogP contribution is -2.38. The van der Waals surface area contributed by atoms with Crippen LogP contribution in [-0.4, -0.2) is 30.6 Å². The minimum Gasteiger partial charge on any atom is -0.309 e. The van der Waals surface area contributed by atoms with E-state index in [9.17, 15) is 17.6 Å². The van der Waals surface area contributed by atoms with Crippen LogP contribution in [0.25, 0.3) is 0 Å². The third-order valence-corrected chi connectivity index (χ3v) is 3.37. The van der Waals surface area contributed by atoms with Gasteiger partial charge in [-0.15, -0.1) is 0 Å². The summed E-state index contributed by atoms with van der Waals surface area (Å²) < 4.78 is 51.1. The zero-order valence-electron chi connectivity index (χ0n) is 12.6. The Hall–Kier alpha value is -1.14. The second-order valence-corrected chi connectivity index (χ2v) is 5.11. The van der Waals surface area contributed by atoms with Crippen molar-refractivity contribution in [3.63, 3.8) is 0 Å². The quantitative estimate of drug-likeness (QED) is 0.773. The molecule has 0 heterocycles. The van der Waals surface area contributed by atoms with E-state index in [-0.39, 0.29) is 12.6 Å². The molecule has 0 fully saturated rings. The zero-order valence-corrected chi connectivity index (χ0v) is 12.6. The van der Waals surface area contributed by atoms with E-state index >= 15 is 0 Å². The Balaban J connectivity index is 2.65. The molecule has 21 heavy (non-hydrogen) atoms. The molecule has 0 amide bonds. The number of benzene rings is 1. The van der Waals surface area contributed by atoms with Crippen molar-refractivity contribution in [2.75, 3.05) is 19.6 Å². The normalized spacial score (nSPS) is 13.7. The summed E-state index contributed by atoms with van der Waals surface area (Å²) in [5.41, 5.74) is -0.649. The van der Waals surface area contributed by atoms with Crippen LogP contribution in [0.2, 0.25) is 0 Å². The van der Waals surface area contributed by atoms with E-state index in [4.69, 9.17) is 0 Å². The highest BCUT2D eigenvalue weighted by Crippen LogP contribution is 2.30. The van der Waals surface area contributed by atoms with Gasteiger partial charge < -0.3 is 10.2 Å². The van der Waals surface area contributed by atoms with Gasteiger partial charge in [0.2, 0.25) is 0 Å². The molecule has 0 aliphatic carbocycles. The molecule has 120 valence electrons. The Morgan fingerprint density at radius 2 is 1.76 bits per heavy atom. The number of halogens is 4. The fraction of sp³-hybridized carbons (Fsp3) is 0.600. The van der Waals surface area contributed by atoms with Crippen LogP contribution >= 0.6 is 0 Å². The SMILES string of the molecule is CCN(CC)CC(C)NCc1cc(F)cc(C(F)(F)F)c1. The van der Waals surface area contributed by atoms with Crippen LogP contribution in [0.3, 0.4) is 0 Å². The number of nitrogens with one attached hydrogen (secondary N) is 1. The van der Waals surface area contributed by atoms with Gasteiger partial charge in [0.15, 0.2) is 0 Å². The van der Waals surface area contributed by atoms with Crippen molar-refractivity contribution in [3.05, 3.63) is 35.1 Å². The van der Waals surface area contributed by atoms with Crippen molar-refractivity contribution in [3.8, 4) is 0 Å². The summed E-state index contributed by atoms with van der Waals surface area (Å²) in [4.78, 5) is 2.21. The lowest BCUT2D eigenvalue weighted by molar-refractivity contribution is -0.137. The maximum Gasteiger partial charge on any atom is 0.416 e. The summed E-state index contributed by atoms with van der Waals surface area (Å²) in [5.74, 6) is -0.863. The second kappa shape index (κ2) is 7.75. The molecular weight excluding hydrogens is 284 g/mol. The van der Waals surface area contributed by atoms with E-state index in [0.29, 0.717) is 11.6 Å². The van der Waals surface area contributed by atoms with Gasteiger partial charge in [-0.1, -0.05) is 13.8 Å². The van der Waals surface area contributed by atoms with E-state index < -0.39 is 17.6 Å². The summed E-state index contributed by atoms with van der Waals surface area (Å²) in [7, 11) is 0. The predicted molar refractivity (Wildman–Crippen MR) is 75.5 cm³/mol. The topological polar surface area (TPSA) is 15.3 Å². The van der Waals surface area contributed by atoms with Gasteiger partial charge in [0.25, 0.3) is 0 Å². The smallest absolute Gasteiger partial charge is 0.309 e. The molecule has 1 rings (SSSR count). The first-order valence-corrected chi connectivity index (χ1v) is 7.08. The molecule has 1 unspecified atom stereocenters. The number of hydrogen-bond donors (Lipinski definition) is 1. The summed E-state index contributed by atoms with van der Waals surface area (Å²) in [6.45, 7) is 8.91. The highest BCUT2D eigenvalue weighted by Gasteiger charge is 2.31. The predicted octanol–water partition coefficient (Wildman–Crippen LogP) is 3.66. The standard InChI is InChI=1S/C15H22F4N2/c1-4-21(5-2)10-11(3)20-9-12-6-13(15(17,18)19)8-14(16)7-12/h6-8,11,20H,4-5,9-10H2,1-3H3. The maximum atomic E-state index is 13.3. The van der Waals surface area contributed by atoms with Gasteiger partial charge in [-0.3, -0.25) is 0 Å². The molecule has 0 aliphatic rings. The molecule has 1 atom stereocenters. The van der Waals surface area contributed by atoms with Crippen molar-refractivity contribution in [2.45, 2.75) is 39.5 Å². The van der Waals surface area contributed by atoms with Gasteiger partial charge in [0.05, 0.1) is 5.56 Å². The number of rotatable bonds is 7. The van der Waals surface area contributed by atoms with E-state index in [2.05, 4.69) is 24.1 Å². The molecule has 2 nitrogen and oxygen atoms in total. The van der Waals surface area contributed by atoms with Crippen LogP contribution in [0, 0.1) is 5.82 Å². The van der Waals surface area contributed by atoms with Gasteiger partial charge in [0, 0.05) is 19.1 Å². The lowest BCUT2D eigenvalue weighted by Gasteiger charge is -2.23. The third-order valence-electron chi connectivity index (χ3n) is 3.37. The zero-order chi connectivity index (χ0) is 16.0. The van der Waals surface area contributed by atoms with Crippen molar-refractivity contribution < 1.29 is 17.6 Å². The fourth-order valence-electron chi connectivity index (χ4n) is 2.14. The first kappa shape index (κ1) is 17.9. The minimum atomic E-state index is -4.52. The van der Waals surface area contributed by atoms with Crippen molar-refractivity contribution in [2.24, 2.45) is 0 Å². The Bertz CT molecular complexity index is 442. The summed E-state index contributed by atoms with van der Waals surface area (Å²) >= 11 is 0. The van der Waals surface area contributed by atoms with Crippen molar-refractivity contribution in [1.29, 1.82) is 0 Å². The molecular formula is C15H22F4N2. The molecule has 0 spiro atoms. The van der Waals surface area contributed by atoms with Crippen molar-refractivity contribution >= 4 is 0 Å². The highest BCUT2D eigenvalue weighted by molar-refractivity contribution is 5.26. The molecule has 6 heteroatoms. The Labute approximate surface area is 123 Å². The van der Waals surface area contributed by atoms with E-state index in [1.54, 1.807) is 0 Å². The molecule has 0 saturated heterocycles. The van der Waals surface area contributed by atoms with Gasteiger partial charge in [-0.2, -0.15) is 13.2 Å². The third kappa shape index (κ3) is 6.01. The average Bonchev–Trinajstić information content (AvgIpc) is 2.41. The van der Waals surface area contributed by atoms with E-state index in [0.717, 1.165) is 31.8 Å². The number of alkyl halides is 3. The van der Waals surface area contributed by atoms with Crippen molar-refractivity contribution in [1.82, 2.24) is 10.2 Å². The Morgan fingerprint density at radius 1 is 1.14 bits per heavy atom. The van der Waals surface area contributed by atoms with Crippen LogP contribution in [0.1, 0.15) is 31.9 Å². The monoisotopic (exact) mass is 306 g/mol. The molecule has 1 aromatic carbocycles. The van der Waals surface area contributed by atoms with Crippen LogP contribution in [0.4, 0.5) is 17.6 Å². The molecule has 1 aromatic rings. The first-order valence-electron chi connectivity index (χ1n) is 7.08. The second-order valence-electron chi connectivity index (χ2n) is 5.11. The molecule has 0 aromatic heterocycles. The molecule has 0 saturated carbocycles. The average molecular weight is 306 g/mol. The number of nitrogens with zero attached hydrogens (tertiary/aromatic N) is 1. The number of hydrogen-bond acceptors (Lipinski definition) is 2. The first-order chi connectivity index (χ1) is 9.76. The maximum absolute atomic E-state index is 13.3. The Kier molecular flexibility index (Phi) is 6.61. The largest absolute Gasteiger partial charge is 0.416 e. The van der Waals surface area contributed by atoms with Gasteiger partial charge in [0.1, 0.15) is 5.82 Å². The summed E-state index contributed by atoms with van der Waals surface area (Å²) in [5, 5.41) is 3.13.